The van der Waals surface area contributed by atoms with E-state index >= 15 is 0 Å². The molecular formula is C17H37BrClN. The van der Waals surface area contributed by atoms with Crippen LogP contribution in [0.5, 0.6) is 0 Å². The molecule has 0 spiro atoms. The Kier molecular flexibility index (Phi) is 18.5. The zero-order valence-corrected chi connectivity index (χ0v) is 16.4. The first-order valence-electron chi connectivity index (χ1n) is 8.65. The Balaban J connectivity index is 0. The molecule has 0 N–H and O–H groups in total. The number of quaternary nitrogens is 1. The van der Waals surface area contributed by atoms with Crippen LogP contribution in [0.3, 0.4) is 0 Å². The molecule has 0 aliphatic heterocycles. The monoisotopic (exact) mass is 369 g/mol. The van der Waals surface area contributed by atoms with Crippen molar-refractivity contribution < 1.29 is 16.9 Å². The van der Waals surface area contributed by atoms with E-state index in [4.69, 9.17) is 0 Å². The lowest BCUT2D eigenvalue weighted by Crippen LogP contribution is -3.00. The standard InChI is InChI=1S/C17H37BrN.ClH/c1-4-7-10-14-19(17-13-18,15-11-8-5-2)16-12-9-6-3;/h4-17H2,1-3H3;1H/q+1;/p-1. The van der Waals surface area contributed by atoms with E-state index in [0.717, 1.165) is 5.33 Å². The van der Waals surface area contributed by atoms with Crippen LogP contribution in [0, 0.1) is 0 Å². The minimum Gasteiger partial charge on any atom is -1.00 e. The molecule has 0 aliphatic carbocycles. The zero-order chi connectivity index (χ0) is 14.4. The molecule has 20 heavy (non-hydrogen) atoms. The second-order valence-corrected chi connectivity index (χ2v) is 6.84. The maximum absolute atomic E-state index is 3.70. The summed E-state index contributed by atoms with van der Waals surface area (Å²) in [5.41, 5.74) is 0. The van der Waals surface area contributed by atoms with Gasteiger partial charge in [-0.05, 0) is 38.5 Å². The Labute approximate surface area is 143 Å². The van der Waals surface area contributed by atoms with Gasteiger partial charge in [0.15, 0.2) is 0 Å². The molecule has 0 bridgehead atoms. The topological polar surface area (TPSA) is 0 Å². The summed E-state index contributed by atoms with van der Waals surface area (Å²) in [6.45, 7) is 12.5. The number of hydrogen-bond acceptors (Lipinski definition) is 0. The van der Waals surface area contributed by atoms with Crippen LogP contribution in [-0.4, -0.2) is 36.0 Å². The van der Waals surface area contributed by atoms with Crippen molar-refractivity contribution in [1.29, 1.82) is 0 Å². The molecule has 0 aliphatic rings. The molecule has 1 nitrogen and oxygen atoms in total. The number of alkyl halides is 1. The maximum Gasteiger partial charge on any atom is 0.0885 e. The van der Waals surface area contributed by atoms with Crippen LogP contribution in [0.4, 0.5) is 0 Å². The van der Waals surface area contributed by atoms with Crippen molar-refractivity contribution in [1.82, 2.24) is 0 Å². The molecule has 0 fully saturated rings. The van der Waals surface area contributed by atoms with Gasteiger partial charge in [0.2, 0.25) is 0 Å². The lowest BCUT2D eigenvalue weighted by atomic mass is 10.1. The highest BCUT2D eigenvalue weighted by Gasteiger charge is 2.25. The molecule has 3 heteroatoms. The fraction of sp³-hybridized carbons (Fsp3) is 1.00. The van der Waals surface area contributed by atoms with Crippen molar-refractivity contribution in [3.8, 4) is 0 Å². The average Bonchev–Trinajstić information content (AvgIpc) is 2.40. The molecule has 0 aromatic carbocycles. The quantitative estimate of drug-likeness (QED) is 0.250. The zero-order valence-electron chi connectivity index (χ0n) is 14.1. The van der Waals surface area contributed by atoms with E-state index in [2.05, 4.69) is 36.7 Å². The van der Waals surface area contributed by atoms with Gasteiger partial charge in [0.1, 0.15) is 0 Å². The smallest absolute Gasteiger partial charge is 0.0885 e. The largest absolute Gasteiger partial charge is 1.00 e. The third kappa shape index (κ3) is 11.4. The van der Waals surface area contributed by atoms with E-state index in [1.807, 2.05) is 0 Å². The van der Waals surface area contributed by atoms with E-state index in [1.165, 1.54) is 88.4 Å². The Hall–Kier alpha value is 0.730. The minimum atomic E-state index is 0. The molecule has 0 aromatic rings. The van der Waals surface area contributed by atoms with Crippen LogP contribution in [0.25, 0.3) is 0 Å². The summed E-state index contributed by atoms with van der Waals surface area (Å²) in [6.07, 6.45) is 12.5. The van der Waals surface area contributed by atoms with E-state index in [-0.39, 0.29) is 12.4 Å². The number of hydrogen-bond donors (Lipinski definition) is 0. The Morgan fingerprint density at radius 2 is 0.950 bits per heavy atom. The van der Waals surface area contributed by atoms with Crippen LogP contribution in [0.2, 0.25) is 0 Å². The van der Waals surface area contributed by atoms with Crippen LogP contribution >= 0.6 is 15.9 Å². The van der Waals surface area contributed by atoms with Crippen LogP contribution < -0.4 is 12.4 Å². The number of halogens is 2. The normalized spacial score (nSPS) is 11.4. The van der Waals surface area contributed by atoms with Gasteiger partial charge in [-0.25, -0.2) is 0 Å². The van der Waals surface area contributed by atoms with Crippen molar-refractivity contribution in [2.45, 2.75) is 78.6 Å². The highest BCUT2D eigenvalue weighted by atomic mass is 79.9. The predicted molar refractivity (Wildman–Crippen MR) is 92.1 cm³/mol. The fourth-order valence-corrected chi connectivity index (χ4v) is 3.69. The summed E-state index contributed by atoms with van der Waals surface area (Å²) in [4.78, 5) is 0. The van der Waals surface area contributed by atoms with Crippen molar-refractivity contribution in [3.05, 3.63) is 0 Å². The van der Waals surface area contributed by atoms with Crippen LogP contribution in [0.15, 0.2) is 0 Å². The first-order chi connectivity index (χ1) is 9.24. The highest BCUT2D eigenvalue weighted by Crippen LogP contribution is 2.16. The van der Waals surface area contributed by atoms with Crippen molar-refractivity contribution in [2.75, 3.05) is 31.5 Å². The average molecular weight is 371 g/mol. The molecular weight excluding hydrogens is 334 g/mol. The molecule has 0 atom stereocenters. The first-order valence-corrected chi connectivity index (χ1v) is 9.77. The second-order valence-electron chi connectivity index (χ2n) is 6.05. The lowest BCUT2D eigenvalue weighted by Gasteiger charge is -2.39. The van der Waals surface area contributed by atoms with Crippen molar-refractivity contribution >= 4 is 15.9 Å². The summed E-state index contributed by atoms with van der Waals surface area (Å²) in [7, 11) is 0. The second kappa shape index (κ2) is 16.1. The Morgan fingerprint density at radius 1 is 0.600 bits per heavy atom. The number of rotatable bonds is 14. The van der Waals surface area contributed by atoms with Crippen molar-refractivity contribution in [2.24, 2.45) is 0 Å². The first kappa shape index (κ1) is 23.0. The molecule has 0 saturated heterocycles. The summed E-state index contributed by atoms with van der Waals surface area (Å²) in [5, 5.41) is 1.16. The Morgan fingerprint density at radius 3 is 1.20 bits per heavy atom. The Bertz CT molecular complexity index is 161. The third-order valence-corrected chi connectivity index (χ3v) is 4.62. The van der Waals surface area contributed by atoms with Gasteiger partial charge in [0.25, 0.3) is 0 Å². The van der Waals surface area contributed by atoms with Gasteiger partial charge in [-0.15, -0.1) is 0 Å². The van der Waals surface area contributed by atoms with Gasteiger partial charge >= 0.3 is 0 Å². The van der Waals surface area contributed by atoms with Gasteiger partial charge in [-0.3, -0.25) is 0 Å². The summed E-state index contributed by atoms with van der Waals surface area (Å²) < 4.78 is 1.38. The van der Waals surface area contributed by atoms with Crippen LogP contribution in [0.1, 0.15) is 78.6 Å². The van der Waals surface area contributed by atoms with Gasteiger partial charge in [0, 0.05) is 0 Å². The fourth-order valence-electron chi connectivity index (χ4n) is 2.94. The summed E-state index contributed by atoms with van der Waals surface area (Å²) in [5.74, 6) is 0. The molecule has 0 amide bonds. The van der Waals surface area contributed by atoms with E-state index < -0.39 is 0 Å². The molecule has 0 heterocycles. The predicted octanol–water partition coefficient (Wildman–Crippen LogP) is 2.77. The summed E-state index contributed by atoms with van der Waals surface area (Å²) in [6, 6.07) is 0. The third-order valence-electron chi connectivity index (χ3n) is 4.27. The van der Waals surface area contributed by atoms with Crippen LogP contribution in [-0.2, 0) is 0 Å². The van der Waals surface area contributed by atoms with E-state index in [0.29, 0.717) is 0 Å². The number of nitrogens with zero attached hydrogens (tertiary/aromatic N) is 1. The maximum atomic E-state index is 3.70. The highest BCUT2D eigenvalue weighted by molar-refractivity contribution is 9.09. The van der Waals surface area contributed by atoms with E-state index in [9.17, 15) is 0 Å². The molecule has 0 aromatic heterocycles. The number of unbranched alkanes of at least 4 members (excludes halogenated alkanes) is 6. The molecule has 0 saturated carbocycles. The van der Waals surface area contributed by atoms with Crippen molar-refractivity contribution in [3.63, 3.8) is 0 Å². The van der Waals surface area contributed by atoms with Gasteiger partial charge in [-0.2, -0.15) is 0 Å². The minimum absolute atomic E-state index is 0. The molecule has 0 unspecified atom stereocenters. The molecule has 124 valence electrons. The van der Waals surface area contributed by atoms with Gasteiger partial charge < -0.3 is 16.9 Å². The van der Waals surface area contributed by atoms with E-state index in [1.54, 1.807) is 0 Å². The van der Waals surface area contributed by atoms with Gasteiger partial charge in [0.05, 0.1) is 31.5 Å². The SMILES string of the molecule is CCCCC[N+](CCBr)(CCCCC)CCCCC.[Cl-]. The molecule has 0 rings (SSSR count). The summed E-state index contributed by atoms with van der Waals surface area (Å²) >= 11 is 3.70. The van der Waals surface area contributed by atoms with Gasteiger partial charge in [-0.1, -0.05) is 56.0 Å². The lowest BCUT2D eigenvalue weighted by molar-refractivity contribution is -0.926. The molecule has 0 radical (unpaired) electrons.